The Bertz CT molecular complexity index is 541. The number of carboxylic acids is 1. The minimum Gasteiger partial charge on any atom is -0.481 e. The molecule has 108 valence electrons. The van der Waals surface area contributed by atoms with Gasteiger partial charge < -0.3 is 10.0 Å². The summed E-state index contributed by atoms with van der Waals surface area (Å²) in [5.41, 5.74) is 0.278. The third-order valence-electron chi connectivity index (χ3n) is 3.30. The monoisotopic (exact) mass is 318 g/mol. The highest BCUT2D eigenvalue weighted by Gasteiger charge is 2.28. The van der Waals surface area contributed by atoms with E-state index < -0.39 is 16.8 Å². The van der Waals surface area contributed by atoms with E-state index in [1.54, 1.807) is 4.90 Å². The summed E-state index contributed by atoms with van der Waals surface area (Å²) in [6.45, 7) is 0.924. The van der Waals surface area contributed by atoms with Crippen LogP contribution < -0.4 is 4.90 Å². The van der Waals surface area contributed by atoms with Gasteiger partial charge in [0.1, 0.15) is 0 Å². The van der Waals surface area contributed by atoms with Crippen molar-refractivity contribution in [2.75, 3.05) is 18.0 Å². The van der Waals surface area contributed by atoms with Gasteiger partial charge in [0.25, 0.3) is 5.69 Å². The van der Waals surface area contributed by atoms with Crippen LogP contribution in [-0.4, -0.2) is 29.1 Å². The SMILES string of the molecule is O=C(O)C1CCCN(c2c(Cl)cc([N+](=O)[O-])cc2Cl)C1. The molecule has 0 aromatic heterocycles. The number of nitro benzene ring substituents is 1. The summed E-state index contributed by atoms with van der Waals surface area (Å²) >= 11 is 12.1. The van der Waals surface area contributed by atoms with Crippen molar-refractivity contribution in [3.8, 4) is 0 Å². The normalized spacial score (nSPS) is 18.9. The molecule has 2 rings (SSSR count). The van der Waals surface area contributed by atoms with E-state index in [2.05, 4.69) is 0 Å². The van der Waals surface area contributed by atoms with Crippen LogP contribution in [0.4, 0.5) is 11.4 Å². The van der Waals surface area contributed by atoms with Gasteiger partial charge in [-0.1, -0.05) is 23.2 Å². The number of nitrogens with zero attached hydrogens (tertiary/aromatic N) is 2. The van der Waals surface area contributed by atoms with Gasteiger partial charge in [-0.25, -0.2) is 0 Å². The van der Waals surface area contributed by atoms with E-state index in [1.807, 2.05) is 0 Å². The first-order valence-corrected chi connectivity index (χ1v) is 6.77. The number of rotatable bonds is 3. The molecule has 1 N–H and O–H groups in total. The second-order valence-electron chi connectivity index (χ2n) is 4.64. The van der Waals surface area contributed by atoms with E-state index in [-0.39, 0.29) is 15.7 Å². The number of piperidine rings is 1. The average molecular weight is 319 g/mol. The Balaban J connectivity index is 2.33. The van der Waals surface area contributed by atoms with Crippen molar-refractivity contribution in [1.29, 1.82) is 0 Å². The van der Waals surface area contributed by atoms with E-state index in [0.717, 1.165) is 0 Å². The molecule has 0 bridgehead atoms. The molecule has 0 saturated carbocycles. The zero-order valence-corrected chi connectivity index (χ0v) is 11.9. The maximum absolute atomic E-state index is 11.1. The fraction of sp³-hybridized carbons (Fsp3) is 0.417. The number of hydrogen-bond donors (Lipinski definition) is 1. The van der Waals surface area contributed by atoms with Crippen LogP contribution >= 0.6 is 23.2 Å². The van der Waals surface area contributed by atoms with Crippen LogP contribution in [0.25, 0.3) is 0 Å². The van der Waals surface area contributed by atoms with Gasteiger partial charge in [0.2, 0.25) is 0 Å². The Morgan fingerprint density at radius 3 is 2.50 bits per heavy atom. The van der Waals surface area contributed by atoms with Crippen molar-refractivity contribution < 1.29 is 14.8 Å². The average Bonchev–Trinajstić information content (AvgIpc) is 2.38. The number of anilines is 1. The van der Waals surface area contributed by atoms with E-state index >= 15 is 0 Å². The van der Waals surface area contributed by atoms with Crippen molar-refractivity contribution in [3.63, 3.8) is 0 Å². The van der Waals surface area contributed by atoms with Crippen LogP contribution in [0.15, 0.2) is 12.1 Å². The van der Waals surface area contributed by atoms with E-state index in [4.69, 9.17) is 28.3 Å². The van der Waals surface area contributed by atoms with E-state index in [9.17, 15) is 14.9 Å². The van der Waals surface area contributed by atoms with Gasteiger partial charge in [-0.2, -0.15) is 0 Å². The number of aliphatic carboxylic acids is 1. The van der Waals surface area contributed by atoms with Crippen molar-refractivity contribution in [2.45, 2.75) is 12.8 Å². The molecule has 1 aromatic carbocycles. The fourth-order valence-electron chi connectivity index (χ4n) is 2.34. The first-order chi connectivity index (χ1) is 9.40. The lowest BCUT2D eigenvalue weighted by molar-refractivity contribution is -0.384. The van der Waals surface area contributed by atoms with Crippen molar-refractivity contribution >= 4 is 40.5 Å². The maximum Gasteiger partial charge on any atom is 0.308 e. The van der Waals surface area contributed by atoms with Gasteiger partial charge in [0.15, 0.2) is 0 Å². The summed E-state index contributed by atoms with van der Waals surface area (Å²) in [7, 11) is 0. The van der Waals surface area contributed by atoms with Crippen molar-refractivity contribution in [1.82, 2.24) is 0 Å². The molecule has 0 radical (unpaired) electrons. The lowest BCUT2D eigenvalue weighted by atomic mass is 9.98. The quantitative estimate of drug-likeness (QED) is 0.683. The van der Waals surface area contributed by atoms with Crippen LogP contribution in [0.5, 0.6) is 0 Å². The first-order valence-electron chi connectivity index (χ1n) is 6.01. The van der Waals surface area contributed by atoms with Crippen molar-refractivity contribution in [3.05, 3.63) is 32.3 Å². The van der Waals surface area contributed by atoms with Gasteiger partial charge in [-0.15, -0.1) is 0 Å². The second-order valence-corrected chi connectivity index (χ2v) is 5.45. The number of halogens is 2. The molecule has 1 atom stereocenters. The minimum atomic E-state index is -0.858. The third-order valence-corrected chi connectivity index (χ3v) is 3.88. The van der Waals surface area contributed by atoms with Crippen LogP contribution in [0.2, 0.25) is 10.0 Å². The fourth-order valence-corrected chi connectivity index (χ4v) is 3.06. The molecular weight excluding hydrogens is 307 g/mol. The molecule has 0 spiro atoms. The summed E-state index contributed by atoms with van der Waals surface area (Å²) < 4.78 is 0. The molecular formula is C12H12Cl2N2O4. The topological polar surface area (TPSA) is 83.7 Å². The molecule has 1 fully saturated rings. The van der Waals surface area contributed by atoms with Gasteiger partial charge in [-0.05, 0) is 12.8 Å². The summed E-state index contributed by atoms with van der Waals surface area (Å²) in [6, 6.07) is 2.46. The summed E-state index contributed by atoms with van der Waals surface area (Å²) in [6.07, 6.45) is 1.31. The number of nitro groups is 1. The zero-order valence-electron chi connectivity index (χ0n) is 10.4. The number of hydrogen-bond acceptors (Lipinski definition) is 4. The predicted molar refractivity (Wildman–Crippen MR) is 75.7 cm³/mol. The Labute approximate surface area is 125 Å². The summed E-state index contributed by atoms with van der Waals surface area (Å²) in [4.78, 5) is 23.0. The van der Waals surface area contributed by atoms with Crippen LogP contribution in [-0.2, 0) is 4.79 Å². The van der Waals surface area contributed by atoms with Crippen LogP contribution in [0.3, 0.4) is 0 Å². The zero-order chi connectivity index (χ0) is 14.9. The smallest absolute Gasteiger partial charge is 0.308 e. The molecule has 0 aliphatic carbocycles. The lowest BCUT2D eigenvalue weighted by Gasteiger charge is -2.33. The number of non-ortho nitro benzene ring substituents is 1. The van der Waals surface area contributed by atoms with Crippen molar-refractivity contribution in [2.24, 2.45) is 5.92 Å². The maximum atomic E-state index is 11.1. The van der Waals surface area contributed by atoms with Crippen LogP contribution in [0, 0.1) is 16.0 Å². The Morgan fingerprint density at radius 1 is 1.40 bits per heavy atom. The van der Waals surface area contributed by atoms with Gasteiger partial charge in [0.05, 0.1) is 26.6 Å². The Kier molecular flexibility index (Phi) is 4.35. The number of carboxylic acid groups (broad SMARTS) is 1. The largest absolute Gasteiger partial charge is 0.481 e. The summed E-state index contributed by atoms with van der Waals surface area (Å²) in [5, 5.41) is 20.1. The third kappa shape index (κ3) is 2.96. The highest BCUT2D eigenvalue weighted by atomic mass is 35.5. The highest BCUT2D eigenvalue weighted by Crippen LogP contribution is 2.39. The van der Waals surface area contributed by atoms with Crippen LogP contribution in [0.1, 0.15) is 12.8 Å². The Hall–Kier alpha value is -1.53. The van der Waals surface area contributed by atoms with E-state index in [0.29, 0.717) is 31.6 Å². The molecule has 1 aliphatic heterocycles. The van der Waals surface area contributed by atoms with Gasteiger partial charge >= 0.3 is 5.97 Å². The molecule has 8 heteroatoms. The first kappa shape index (κ1) is 14.9. The second kappa shape index (κ2) is 5.85. The van der Waals surface area contributed by atoms with E-state index in [1.165, 1.54) is 12.1 Å². The number of carbonyl (C=O) groups is 1. The predicted octanol–water partition coefficient (Wildman–Crippen LogP) is 3.20. The lowest BCUT2D eigenvalue weighted by Crippen LogP contribution is -2.39. The summed E-state index contributed by atoms with van der Waals surface area (Å²) in [5.74, 6) is -1.34. The standard InChI is InChI=1S/C12H12Cl2N2O4/c13-9-4-8(16(19)20)5-10(14)11(9)15-3-1-2-7(6-15)12(17)18/h4-5,7H,1-3,6H2,(H,17,18). The number of benzene rings is 1. The molecule has 20 heavy (non-hydrogen) atoms. The molecule has 1 unspecified atom stereocenters. The molecule has 1 heterocycles. The molecule has 6 nitrogen and oxygen atoms in total. The van der Waals surface area contributed by atoms with Gasteiger partial charge in [0, 0.05) is 25.2 Å². The molecule has 1 saturated heterocycles. The minimum absolute atomic E-state index is 0.162. The molecule has 1 aliphatic rings. The Morgan fingerprint density at radius 2 is 2.00 bits per heavy atom. The molecule has 0 amide bonds. The van der Waals surface area contributed by atoms with Gasteiger partial charge in [-0.3, -0.25) is 14.9 Å². The molecule has 1 aromatic rings. The highest BCUT2D eigenvalue weighted by molar-refractivity contribution is 6.39.